The highest BCUT2D eigenvalue weighted by atomic mass is 32.1. The van der Waals surface area contributed by atoms with Gasteiger partial charge in [0.05, 0.1) is 12.6 Å². The highest BCUT2D eigenvalue weighted by Crippen LogP contribution is 2.28. The molecule has 0 aliphatic carbocycles. The van der Waals surface area contributed by atoms with Gasteiger partial charge < -0.3 is 15.0 Å². The van der Waals surface area contributed by atoms with Crippen LogP contribution in [-0.2, 0) is 13.1 Å². The number of aromatic nitrogens is 3. The molecule has 2 N–H and O–H groups in total. The van der Waals surface area contributed by atoms with Gasteiger partial charge in [-0.05, 0) is 19.1 Å². The van der Waals surface area contributed by atoms with Crippen molar-refractivity contribution in [3.05, 3.63) is 58.5 Å². The van der Waals surface area contributed by atoms with E-state index in [-0.39, 0.29) is 0 Å². The number of hydrogen-bond donors (Lipinski definition) is 2. The van der Waals surface area contributed by atoms with Crippen LogP contribution in [0.25, 0.3) is 21.8 Å². The Morgan fingerprint density at radius 1 is 1.04 bits per heavy atom. The van der Waals surface area contributed by atoms with Gasteiger partial charge in [-0.2, -0.15) is 0 Å². The summed E-state index contributed by atoms with van der Waals surface area (Å²) in [6.07, 6.45) is -0.478. The molecule has 25 heavy (non-hydrogen) atoms. The monoisotopic (exact) mass is 352 g/mol. The Morgan fingerprint density at radius 3 is 2.28 bits per heavy atom. The molecule has 4 rings (SSSR count). The fourth-order valence-corrected chi connectivity index (χ4v) is 3.91. The molecule has 0 radical (unpaired) electrons. The van der Waals surface area contributed by atoms with Crippen LogP contribution in [0.15, 0.2) is 48.5 Å². The molecule has 4 aromatic rings. The number of nitrogens with one attached hydrogen (secondary N) is 1. The van der Waals surface area contributed by atoms with E-state index in [0.29, 0.717) is 19.6 Å². The maximum Gasteiger partial charge on any atom is 0.131 e. The molecule has 5 nitrogen and oxygen atoms in total. The summed E-state index contributed by atoms with van der Waals surface area (Å²) < 4.78 is 2.20. The quantitative estimate of drug-likeness (QED) is 0.560. The van der Waals surface area contributed by atoms with Crippen molar-refractivity contribution < 1.29 is 5.11 Å². The topological polar surface area (TPSA) is 63.0 Å². The smallest absolute Gasteiger partial charge is 0.131 e. The van der Waals surface area contributed by atoms with Crippen molar-refractivity contribution >= 4 is 33.1 Å². The van der Waals surface area contributed by atoms with Crippen molar-refractivity contribution in [3.63, 3.8) is 0 Å². The zero-order valence-electron chi connectivity index (χ0n) is 14.0. The summed E-state index contributed by atoms with van der Waals surface area (Å²) >= 11 is 1.58. The Hall–Kier alpha value is -2.28. The summed E-state index contributed by atoms with van der Waals surface area (Å²) in [7, 11) is 0. The normalized spacial score (nSPS) is 12.9. The second-order valence-corrected chi connectivity index (χ2v) is 7.41. The maximum atomic E-state index is 10.5. The fraction of sp³-hybridized carbons (Fsp3) is 0.263. The van der Waals surface area contributed by atoms with E-state index in [1.165, 1.54) is 10.8 Å². The number of fused-ring (bicyclic) bond motifs is 3. The number of aliphatic hydroxyl groups excluding tert-OH is 1. The third-order valence-electron chi connectivity index (χ3n) is 4.30. The zero-order valence-corrected chi connectivity index (χ0v) is 14.8. The number of hydrogen-bond acceptors (Lipinski definition) is 5. The number of aryl methyl sites for hydroxylation is 1. The van der Waals surface area contributed by atoms with Gasteiger partial charge in [0, 0.05) is 34.9 Å². The van der Waals surface area contributed by atoms with E-state index in [4.69, 9.17) is 0 Å². The van der Waals surface area contributed by atoms with Crippen molar-refractivity contribution in [1.82, 2.24) is 20.1 Å². The van der Waals surface area contributed by atoms with Crippen molar-refractivity contribution in [2.24, 2.45) is 0 Å². The first kappa shape index (κ1) is 16.2. The highest BCUT2D eigenvalue weighted by Gasteiger charge is 2.13. The molecule has 1 unspecified atom stereocenters. The van der Waals surface area contributed by atoms with E-state index in [1.54, 1.807) is 11.3 Å². The third kappa shape index (κ3) is 3.28. The third-order valence-corrected chi connectivity index (χ3v) is 5.14. The van der Waals surface area contributed by atoms with Gasteiger partial charge in [-0.3, -0.25) is 0 Å². The highest BCUT2D eigenvalue weighted by molar-refractivity contribution is 7.11. The summed E-state index contributed by atoms with van der Waals surface area (Å²) in [5.41, 5.74) is 2.31. The number of para-hydroxylation sites is 2. The lowest BCUT2D eigenvalue weighted by atomic mass is 10.2. The van der Waals surface area contributed by atoms with Crippen LogP contribution in [0, 0.1) is 6.92 Å². The summed E-state index contributed by atoms with van der Waals surface area (Å²) in [6.45, 7) is 3.64. The molecular weight excluding hydrogens is 332 g/mol. The molecule has 0 aliphatic heterocycles. The van der Waals surface area contributed by atoms with Crippen molar-refractivity contribution in [3.8, 4) is 0 Å². The van der Waals surface area contributed by atoms with Crippen LogP contribution in [0.1, 0.15) is 10.0 Å². The van der Waals surface area contributed by atoms with Gasteiger partial charge in [-0.25, -0.2) is 0 Å². The second-order valence-electron chi connectivity index (χ2n) is 6.14. The van der Waals surface area contributed by atoms with Crippen LogP contribution in [-0.4, -0.2) is 32.5 Å². The molecule has 6 heteroatoms. The largest absolute Gasteiger partial charge is 0.390 e. The Labute approximate surface area is 149 Å². The Bertz CT molecular complexity index is 954. The van der Waals surface area contributed by atoms with Crippen LogP contribution in [0.2, 0.25) is 0 Å². The summed E-state index contributed by atoms with van der Waals surface area (Å²) in [5, 5.41) is 26.2. The lowest BCUT2D eigenvalue weighted by molar-refractivity contribution is 0.154. The van der Waals surface area contributed by atoms with Crippen molar-refractivity contribution in [1.29, 1.82) is 0 Å². The van der Waals surface area contributed by atoms with Crippen LogP contribution in [0.5, 0.6) is 0 Å². The fourth-order valence-electron chi connectivity index (χ4n) is 3.23. The Morgan fingerprint density at radius 2 is 1.68 bits per heavy atom. The van der Waals surface area contributed by atoms with Crippen LogP contribution in [0.3, 0.4) is 0 Å². The number of aliphatic hydroxyl groups is 1. The lowest BCUT2D eigenvalue weighted by Crippen LogP contribution is -2.29. The average molecular weight is 352 g/mol. The molecule has 0 fully saturated rings. The minimum absolute atomic E-state index is 0.478. The minimum Gasteiger partial charge on any atom is -0.390 e. The van der Waals surface area contributed by atoms with Gasteiger partial charge in [0.1, 0.15) is 10.0 Å². The second kappa shape index (κ2) is 6.92. The molecule has 1 atom stereocenters. The summed E-state index contributed by atoms with van der Waals surface area (Å²) in [6, 6.07) is 16.7. The van der Waals surface area contributed by atoms with Gasteiger partial charge in [-0.1, -0.05) is 36.4 Å². The Balaban J connectivity index is 1.51. The molecule has 0 saturated carbocycles. The maximum absolute atomic E-state index is 10.5. The summed E-state index contributed by atoms with van der Waals surface area (Å²) in [4.78, 5) is 0. The van der Waals surface area contributed by atoms with E-state index in [9.17, 15) is 5.11 Å². The van der Waals surface area contributed by atoms with E-state index >= 15 is 0 Å². The molecule has 0 spiro atoms. The van der Waals surface area contributed by atoms with E-state index < -0.39 is 6.10 Å². The van der Waals surface area contributed by atoms with Crippen molar-refractivity contribution in [2.45, 2.75) is 26.1 Å². The number of nitrogens with zero attached hydrogens (tertiary/aromatic N) is 3. The Kier molecular flexibility index (Phi) is 4.48. The molecule has 0 saturated heterocycles. The van der Waals surface area contributed by atoms with Gasteiger partial charge >= 0.3 is 0 Å². The van der Waals surface area contributed by atoms with E-state index in [0.717, 1.165) is 21.0 Å². The van der Waals surface area contributed by atoms with E-state index in [2.05, 4.69) is 56.5 Å². The van der Waals surface area contributed by atoms with Crippen LogP contribution in [0.4, 0.5) is 0 Å². The van der Waals surface area contributed by atoms with Gasteiger partial charge in [-0.15, -0.1) is 21.5 Å². The molecule has 0 bridgehead atoms. The lowest BCUT2D eigenvalue weighted by Gasteiger charge is -2.14. The zero-order chi connectivity index (χ0) is 17.2. The predicted molar refractivity (Wildman–Crippen MR) is 102 cm³/mol. The van der Waals surface area contributed by atoms with Crippen LogP contribution < -0.4 is 5.32 Å². The number of rotatable bonds is 6. The standard InChI is InChI=1S/C19H20N4OS/c1-13-21-22-19(25-13)11-20-10-14(24)12-23-17-8-4-2-6-15(17)16-7-3-5-9-18(16)23/h2-9,14,20,24H,10-12H2,1H3. The minimum atomic E-state index is -0.478. The number of benzene rings is 2. The van der Waals surface area contributed by atoms with Gasteiger partial charge in [0.25, 0.3) is 0 Å². The van der Waals surface area contributed by atoms with Crippen molar-refractivity contribution in [2.75, 3.05) is 6.54 Å². The van der Waals surface area contributed by atoms with Gasteiger partial charge in [0.15, 0.2) is 0 Å². The molecule has 0 aliphatic rings. The molecule has 2 aromatic heterocycles. The first-order valence-electron chi connectivity index (χ1n) is 8.36. The molecule has 0 amide bonds. The predicted octanol–water partition coefficient (Wildman–Crippen LogP) is 3.11. The van der Waals surface area contributed by atoms with E-state index in [1.807, 2.05) is 19.1 Å². The molecule has 2 aromatic carbocycles. The first-order chi connectivity index (χ1) is 12.2. The molecular formula is C19H20N4OS. The van der Waals surface area contributed by atoms with Gasteiger partial charge in [0.2, 0.25) is 0 Å². The molecule has 2 heterocycles. The molecule has 128 valence electrons. The average Bonchev–Trinajstić information content (AvgIpc) is 3.18. The SMILES string of the molecule is Cc1nnc(CNCC(O)Cn2c3ccccc3c3ccccc32)s1. The van der Waals surface area contributed by atoms with Crippen LogP contribution >= 0.6 is 11.3 Å². The summed E-state index contributed by atoms with van der Waals surface area (Å²) in [5.74, 6) is 0. The first-order valence-corrected chi connectivity index (χ1v) is 9.18.